The fourth-order valence-corrected chi connectivity index (χ4v) is 4.24. The molecule has 1 atom stereocenters. The van der Waals surface area contributed by atoms with E-state index in [9.17, 15) is 0 Å². The van der Waals surface area contributed by atoms with Gasteiger partial charge in [-0.05, 0) is 39.6 Å². The summed E-state index contributed by atoms with van der Waals surface area (Å²) in [6.45, 7) is 19.9. The molecule has 1 aromatic heterocycles. The van der Waals surface area contributed by atoms with E-state index in [1.54, 1.807) is 0 Å². The number of unbranched alkanes of at least 4 members (excludes halogenated alkanes) is 1. The Bertz CT molecular complexity index is 1260. The first-order valence-electron chi connectivity index (χ1n) is 13.3. The van der Waals surface area contributed by atoms with Gasteiger partial charge in [-0.3, -0.25) is 6.42 Å². The summed E-state index contributed by atoms with van der Waals surface area (Å²) in [7, 11) is 2.11. The van der Waals surface area contributed by atoms with Crippen LogP contribution in [-0.4, -0.2) is 60.5 Å². The van der Waals surface area contributed by atoms with Crippen LogP contribution in [0.25, 0.3) is 10.8 Å². The van der Waals surface area contributed by atoms with Crippen molar-refractivity contribution in [2.45, 2.75) is 38.6 Å². The number of likely N-dealkylation sites (tertiary alicyclic amines) is 1. The fourth-order valence-electron chi connectivity index (χ4n) is 4.24. The van der Waals surface area contributed by atoms with Crippen LogP contribution >= 0.6 is 0 Å². The molecule has 2 aromatic carbocycles. The minimum atomic E-state index is 0. The molecule has 4 rings (SSSR count). The van der Waals surface area contributed by atoms with Gasteiger partial charge in [0.1, 0.15) is 6.61 Å². The second-order valence-corrected chi connectivity index (χ2v) is 9.27. The Hall–Kier alpha value is -2.70. The van der Waals surface area contributed by atoms with Crippen LogP contribution in [-0.2, 0) is 11.2 Å². The Morgan fingerprint density at radius 2 is 2.07 bits per heavy atom. The Balaban J connectivity index is 0.000000818. The number of rotatable bonds is 10. The molecular weight excluding hydrogens is 512 g/mol. The average Bonchev–Trinajstić information content (AvgIpc) is 3.38. The molecule has 1 aliphatic rings. The van der Waals surface area contributed by atoms with E-state index in [4.69, 9.17) is 14.8 Å². The maximum absolute atomic E-state index is 8.93. The third-order valence-electron chi connectivity index (χ3n) is 6.43. The maximum atomic E-state index is 8.93. The van der Waals surface area contributed by atoms with Crippen molar-refractivity contribution in [3.63, 3.8) is 0 Å². The maximum Gasteiger partial charge on any atom is 1.00 e. The number of carbonyl (C=O) groups excluding carboxylic acids is 1. The molecule has 0 unspecified atom stereocenters. The molecule has 214 valence electrons. The first-order valence-corrected chi connectivity index (χ1v) is 13.3. The van der Waals surface area contributed by atoms with Gasteiger partial charge in [-0.2, -0.15) is 10.5 Å². The number of benzene rings is 2. The van der Waals surface area contributed by atoms with E-state index in [-0.39, 0.29) is 37.7 Å². The first-order chi connectivity index (χ1) is 19.4. The standard InChI is InChI=1S/C19H27N5O.C11H9.C3H3O.2Li/c1-5-17-15(3)21-19(25-14-16-10-9-12-23(16)4)22-18(17)24(6-2)13-8-7-11-20;1-9-6-7-10-4-2-3-5-11(10)8-9;1-2-3-4;;/h8,16H,1-3,5-7,9-10,12-14H2,4H3;2-4,6-8H,1H3;2H,1H2;;/q-4;2*-1;2*+1/t16-;;;;/m0..../s1. The quantitative estimate of drug-likeness (QED) is 0.146. The molecule has 42 heavy (non-hydrogen) atoms. The van der Waals surface area contributed by atoms with Crippen LogP contribution in [0.1, 0.15) is 36.1 Å². The van der Waals surface area contributed by atoms with Crippen LogP contribution in [0.2, 0.25) is 0 Å². The minimum Gasteiger partial charge on any atom is -0.462 e. The van der Waals surface area contributed by atoms with E-state index in [0.29, 0.717) is 50.3 Å². The summed E-state index contributed by atoms with van der Waals surface area (Å²) < 4.78 is 5.87. The molecule has 3 aromatic rings. The van der Waals surface area contributed by atoms with Gasteiger partial charge in [0.25, 0.3) is 0 Å². The molecule has 1 fully saturated rings. The van der Waals surface area contributed by atoms with Gasteiger partial charge in [-0.1, -0.05) is 29.8 Å². The molecule has 0 N–H and O–H groups in total. The third-order valence-corrected chi connectivity index (χ3v) is 6.43. The van der Waals surface area contributed by atoms with Crippen molar-refractivity contribution in [2.24, 2.45) is 0 Å². The van der Waals surface area contributed by atoms with Gasteiger partial charge < -0.3 is 33.2 Å². The smallest absolute Gasteiger partial charge is 0.462 e. The number of hydrogen-bond donors (Lipinski definition) is 0. The van der Waals surface area contributed by atoms with Gasteiger partial charge in [-0.15, -0.1) is 54.2 Å². The second-order valence-electron chi connectivity index (χ2n) is 9.27. The average molecular weight is 552 g/mol. The van der Waals surface area contributed by atoms with Crippen LogP contribution in [0.3, 0.4) is 0 Å². The molecule has 0 spiro atoms. The summed E-state index contributed by atoms with van der Waals surface area (Å²) >= 11 is 0. The number of aromatic nitrogens is 2. The van der Waals surface area contributed by atoms with E-state index in [1.807, 2.05) is 23.5 Å². The Kier molecular flexibility index (Phi) is 20.5. The van der Waals surface area contributed by atoms with Crippen LogP contribution in [0.5, 0.6) is 6.01 Å². The minimum absolute atomic E-state index is 0. The Morgan fingerprint density at radius 3 is 2.67 bits per heavy atom. The summed E-state index contributed by atoms with van der Waals surface area (Å²) in [4.78, 5) is 22.2. The first kappa shape index (κ1) is 39.3. The Labute approximate surface area is 277 Å². The topological polar surface area (TPSA) is 82.3 Å². The van der Waals surface area contributed by atoms with Gasteiger partial charge in [0.05, 0.1) is 0 Å². The number of ether oxygens (including phenoxy) is 1. The van der Waals surface area contributed by atoms with Crippen molar-refractivity contribution in [1.29, 1.82) is 5.26 Å². The van der Waals surface area contributed by atoms with E-state index in [0.717, 1.165) is 30.4 Å². The molecule has 0 bridgehead atoms. The van der Waals surface area contributed by atoms with Crippen molar-refractivity contribution in [3.05, 3.63) is 99.1 Å². The molecule has 1 aliphatic heterocycles. The number of nitriles is 1. The molecule has 2 heterocycles. The number of fused-ring (bicyclic) bond motifs is 1. The predicted molar refractivity (Wildman–Crippen MR) is 162 cm³/mol. The predicted octanol–water partition coefficient (Wildman–Crippen LogP) is -0.495. The van der Waals surface area contributed by atoms with Gasteiger partial charge in [0.15, 0.2) is 0 Å². The monoisotopic (exact) mass is 551 g/mol. The van der Waals surface area contributed by atoms with Crippen LogP contribution in [0, 0.1) is 51.5 Å². The molecule has 7 nitrogen and oxygen atoms in total. The van der Waals surface area contributed by atoms with Crippen molar-refractivity contribution in [3.8, 4) is 12.1 Å². The van der Waals surface area contributed by atoms with Crippen LogP contribution in [0.4, 0.5) is 5.82 Å². The fraction of sp³-hybridized carbons (Fsp3) is 0.333. The van der Waals surface area contributed by atoms with Gasteiger partial charge in [0.2, 0.25) is 0 Å². The summed E-state index contributed by atoms with van der Waals surface area (Å²) in [5.74, 6) is 0.744. The largest absolute Gasteiger partial charge is 1.00 e. The SMILES string of the molecule is C=C[C-]=O.Cc1ccc2ccc[c-]c2c1.[CH2-]Cc1c([CH2-])nc(OC[C@@H]2CCCN2C)nc1N(C[CH2-])C[CH-]CC#N.[Li+].[Li+]. The second kappa shape index (κ2) is 21.9. The molecule has 0 radical (unpaired) electrons. The van der Waals surface area contributed by atoms with Crippen molar-refractivity contribution >= 4 is 22.9 Å². The number of anilines is 1. The number of allylic oxidation sites excluding steroid dienone is 1. The molecule has 1 saturated heterocycles. The van der Waals surface area contributed by atoms with Crippen LogP contribution in [0.15, 0.2) is 49.1 Å². The van der Waals surface area contributed by atoms with Crippen molar-refractivity contribution in [1.82, 2.24) is 14.9 Å². The normalized spacial score (nSPS) is 13.5. The summed E-state index contributed by atoms with van der Waals surface area (Å²) in [5.41, 5.74) is 2.81. The van der Waals surface area contributed by atoms with Crippen molar-refractivity contribution < 1.29 is 47.3 Å². The zero-order valence-corrected chi connectivity index (χ0v) is 25.7. The van der Waals surface area contributed by atoms with E-state index < -0.39 is 0 Å². The van der Waals surface area contributed by atoms with E-state index in [2.05, 4.69) is 92.6 Å². The molecular formula is C33H39Li2N5O2-4. The van der Waals surface area contributed by atoms with Gasteiger partial charge in [0, 0.05) is 17.9 Å². The van der Waals surface area contributed by atoms with E-state index in [1.165, 1.54) is 29.0 Å². The molecule has 0 saturated carbocycles. The zero-order valence-electron chi connectivity index (χ0n) is 25.7. The van der Waals surface area contributed by atoms with E-state index >= 15 is 0 Å². The van der Waals surface area contributed by atoms with Crippen LogP contribution < -0.4 is 47.4 Å². The number of aryl methyl sites for hydroxylation is 1. The summed E-state index contributed by atoms with van der Waals surface area (Å²) in [6.07, 6.45) is 7.66. The van der Waals surface area contributed by atoms with Gasteiger partial charge >= 0.3 is 43.7 Å². The summed E-state index contributed by atoms with van der Waals surface area (Å²) in [6, 6.07) is 18.5. The summed E-state index contributed by atoms with van der Waals surface area (Å²) in [5, 5.41) is 11.2. The van der Waals surface area contributed by atoms with Gasteiger partial charge in [-0.25, -0.2) is 36.2 Å². The molecule has 9 heteroatoms. The third kappa shape index (κ3) is 12.7. The molecule has 0 amide bonds. The van der Waals surface area contributed by atoms with Crippen molar-refractivity contribution in [2.75, 3.05) is 38.2 Å². The molecule has 0 aliphatic carbocycles. The number of hydrogen-bond acceptors (Lipinski definition) is 7. The number of nitrogens with zero attached hydrogens (tertiary/aromatic N) is 5. The number of likely N-dealkylation sites (N-methyl/N-ethyl adjacent to an activating group) is 1. The zero-order chi connectivity index (χ0) is 29.3. The Morgan fingerprint density at radius 1 is 1.33 bits per heavy atom.